The van der Waals surface area contributed by atoms with Gasteiger partial charge in [-0.25, -0.2) is 11.6 Å². The maximum atomic E-state index is 2.49. The van der Waals surface area contributed by atoms with Crippen molar-refractivity contribution in [2.45, 2.75) is 92.4 Å². The van der Waals surface area contributed by atoms with E-state index >= 15 is 0 Å². The number of hydrogen-bond donors (Lipinski definition) is 0. The Bertz CT molecular complexity index is 1150. The van der Waals surface area contributed by atoms with Gasteiger partial charge in [0.05, 0.1) is 0 Å². The quantitative estimate of drug-likeness (QED) is 0.0916. The van der Waals surface area contributed by atoms with Crippen LogP contribution in [0.3, 0.4) is 0 Å². The van der Waals surface area contributed by atoms with E-state index in [-0.39, 0.29) is 58.9 Å². The van der Waals surface area contributed by atoms with Gasteiger partial charge in [-0.15, -0.1) is 5.19 Å². The van der Waals surface area contributed by atoms with Crippen LogP contribution in [-0.4, -0.2) is 8.07 Å². The van der Waals surface area contributed by atoms with E-state index in [1.54, 1.807) is 5.19 Å². The van der Waals surface area contributed by atoms with Crippen molar-refractivity contribution < 1.29 is 58.9 Å². The van der Waals surface area contributed by atoms with Gasteiger partial charge in [0.25, 0.3) is 0 Å². The van der Waals surface area contributed by atoms with Crippen molar-refractivity contribution in [3.05, 3.63) is 113 Å². The molecule has 0 spiro atoms. The largest absolute Gasteiger partial charge is 4.00 e. The van der Waals surface area contributed by atoms with Crippen molar-refractivity contribution >= 4 is 28.8 Å². The van der Waals surface area contributed by atoms with Crippen molar-refractivity contribution in [1.82, 2.24) is 0 Å². The van der Waals surface area contributed by atoms with Crippen LogP contribution in [0, 0.1) is 13.8 Å². The van der Waals surface area contributed by atoms with Crippen molar-refractivity contribution in [2.24, 2.45) is 0 Å². The fraction of sp³-hybridized carbons (Fsp3) is 0.378. The second-order valence-corrected chi connectivity index (χ2v) is 15.1. The van der Waals surface area contributed by atoms with Crippen LogP contribution >= 0.6 is 0 Å². The molecule has 0 saturated carbocycles. The third-order valence-corrected chi connectivity index (χ3v) is 13.2. The van der Waals surface area contributed by atoms with Crippen molar-refractivity contribution in [3.63, 3.8) is 0 Å². The molecule has 4 rings (SSSR count). The summed E-state index contributed by atoms with van der Waals surface area (Å²) in [4.78, 5) is 0. The van der Waals surface area contributed by atoms with E-state index in [1.807, 2.05) is 0 Å². The number of hydrogen-bond acceptors (Lipinski definition) is 0. The summed E-state index contributed by atoms with van der Waals surface area (Å²) in [7, 11) is -2.49. The van der Waals surface area contributed by atoms with Crippen LogP contribution in [0.2, 0.25) is 0 Å². The smallest absolute Gasteiger partial charge is 1.00 e. The molecule has 4 aromatic rings. The molecule has 224 valence electrons. The fourth-order valence-corrected chi connectivity index (χ4v) is 11.1. The van der Waals surface area contributed by atoms with E-state index in [2.05, 4.69) is 120 Å². The Morgan fingerprint density at radius 3 is 1.07 bits per heavy atom. The molecule has 0 nitrogen and oxygen atoms in total. The molecule has 0 aliphatic heterocycles. The number of unbranched alkanes of at least 4 members (excludes halogenated alkanes) is 3. The van der Waals surface area contributed by atoms with Gasteiger partial charge in [0.1, 0.15) is 8.07 Å². The summed E-state index contributed by atoms with van der Waals surface area (Å²) in [6, 6.07) is 34.1. The van der Waals surface area contributed by atoms with Gasteiger partial charge in [0, 0.05) is 0 Å². The summed E-state index contributed by atoms with van der Waals surface area (Å²) < 4.78 is 0. The van der Waals surface area contributed by atoms with Crippen molar-refractivity contribution in [1.29, 1.82) is 0 Å². The Hall–Kier alpha value is -1.19. The van der Waals surface area contributed by atoms with Gasteiger partial charge >= 0.3 is 21.7 Å². The molecule has 4 aromatic carbocycles. The van der Waals surface area contributed by atoms with Gasteiger partial charge in [0.2, 0.25) is 0 Å². The molecule has 0 N–H and O–H groups in total. The predicted molar refractivity (Wildman–Crippen MR) is 171 cm³/mol. The van der Waals surface area contributed by atoms with E-state index in [0.717, 1.165) is 19.3 Å². The molecule has 0 aliphatic carbocycles. The Balaban J connectivity index is 0.00000420. The SMILES string of the molecule is CCCCc1ccc([Si](c2ccc(CCCC)cc2)(c2ccc(CCCC)cc2)[c-]2cc(C)cc2C)cc1.[Cl-].[Cl-].[Cl-].[Ti+4]. The minimum atomic E-state index is -2.49. The summed E-state index contributed by atoms with van der Waals surface area (Å²) in [5.74, 6) is 0. The van der Waals surface area contributed by atoms with Gasteiger partial charge in [-0.2, -0.15) is 11.6 Å². The molecule has 0 bridgehead atoms. The number of aryl methyl sites for hydroxylation is 5. The molecular weight excluding hydrogens is 627 g/mol. The van der Waals surface area contributed by atoms with E-state index < -0.39 is 8.07 Å². The molecule has 0 radical (unpaired) electrons. The standard InChI is InChI=1S/C37H47Si.3ClH.Ti/c1-6-9-12-31-15-21-34(22-16-31)38(37-28-29(4)27-30(37)5,35-23-17-32(18-24-35)13-10-7-2)36-25-19-33(20-26-36)14-11-8-3;;;;/h15-28H,6-14H2,1-5H3;3*1H;/q-1;;;;+4/p-3. The summed E-state index contributed by atoms with van der Waals surface area (Å²) in [6.07, 6.45) is 11.0. The maximum Gasteiger partial charge on any atom is 4.00 e. The van der Waals surface area contributed by atoms with Gasteiger partial charge in [0.15, 0.2) is 0 Å². The number of benzene rings is 3. The minimum Gasteiger partial charge on any atom is -1.00 e. The monoisotopic (exact) mass is 672 g/mol. The number of rotatable bonds is 13. The summed E-state index contributed by atoms with van der Waals surface area (Å²) in [6.45, 7) is 11.4. The van der Waals surface area contributed by atoms with E-state index in [0.29, 0.717) is 0 Å². The molecule has 0 aliphatic rings. The van der Waals surface area contributed by atoms with Crippen molar-refractivity contribution in [2.75, 3.05) is 0 Å². The van der Waals surface area contributed by atoms with Crippen LogP contribution in [0.4, 0.5) is 0 Å². The first kappa shape index (κ1) is 40.8. The molecule has 0 saturated heterocycles. The molecule has 0 atom stereocenters. The molecule has 0 unspecified atom stereocenters. The zero-order valence-corrected chi connectivity index (χ0v) is 30.9. The molecule has 0 amide bonds. The molecule has 0 heterocycles. The third-order valence-electron chi connectivity index (χ3n) is 8.26. The second kappa shape index (κ2) is 20.0. The molecule has 5 heteroatoms. The number of halogens is 3. The van der Waals surface area contributed by atoms with Crippen LogP contribution in [0.5, 0.6) is 0 Å². The van der Waals surface area contributed by atoms with E-state index in [9.17, 15) is 0 Å². The minimum absolute atomic E-state index is 0. The van der Waals surface area contributed by atoms with Gasteiger partial charge in [-0.3, -0.25) is 0 Å². The summed E-state index contributed by atoms with van der Waals surface area (Å²) >= 11 is 0. The average molecular weight is 674 g/mol. The van der Waals surface area contributed by atoms with Crippen LogP contribution in [0.25, 0.3) is 0 Å². The topological polar surface area (TPSA) is 0 Å². The summed E-state index contributed by atoms with van der Waals surface area (Å²) in [5.41, 5.74) is 7.17. The normalized spacial score (nSPS) is 10.6. The van der Waals surface area contributed by atoms with E-state index in [4.69, 9.17) is 0 Å². The average Bonchev–Trinajstić information content (AvgIpc) is 3.29. The maximum absolute atomic E-state index is 2.49. The van der Waals surface area contributed by atoms with Crippen LogP contribution in [0.1, 0.15) is 87.1 Å². The summed E-state index contributed by atoms with van der Waals surface area (Å²) in [5, 5.41) is 6.02. The zero-order chi connectivity index (χ0) is 27.0. The van der Waals surface area contributed by atoms with Crippen LogP contribution in [0.15, 0.2) is 84.9 Å². The first-order valence-electron chi connectivity index (χ1n) is 15.1. The van der Waals surface area contributed by atoms with Crippen molar-refractivity contribution in [3.8, 4) is 0 Å². The second-order valence-electron chi connectivity index (χ2n) is 11.3. The van der Waals surface area contributed by atoms with Gasteiger partial charge in [-0.05, 0) is 55.2 Å². The molecule has 0 fully saturated rings. The van der Waals surface area contributed by atoms with E-state index in [1.165, 1.54) is 81.9 Å². The van der Waals surface area contributed by atoms with Gasteiger partial charge in [-0.1, -0.05) is 142 Å². The Morgan fingerprint density at radius 2 is 0.833 bits per heavy atom. The van der Waals surface area contributed by atoms with Gasteiger partial charge < -0.3 is 37.2 Å². The van der Waals surface area contributed by atoms with Crippen LogP contribution in [-0.2, 0) is 41.0 Å². The Labute approximate surface area is 291 Å². The molecule has 42 heavy (non-hydrogen) atoms. The first-order chi connectivity index (χ1) is 18.5. The fourth-order valence-electron chi connectivity index (χ4n) is 6.08. The third kappa shape index (κ3) is 9.40. The first-order valence-corrected chi connectivity index (χ1v) is 17.1. The Morgan fingerprint density at radius 1 is 0.524 bits per heavy atom. The molecule has 0 aromatic heterocycles. The van der Waals surface area contributed by atoms with Crippen LogP contribution < -0.4 is 58.0 Å². The Kier molecular flexibility index (Phi) is 19.4. The predicted octanol–water partition coefficient (Wildman–Crippen LogP) is -1.56. The zero-order valence-electron chi connectivity index (χ0n) is 26.1. The molecular formula is C37H47Cl3SiTi.